The molecule has 2 unspecified atom stereocenters. The minimum absolute atomic E-state index is 0.0195. The number of amides is 2. The van der Waals surface area contributed by atoms with Crippen LogP contribution in [-0.2, 0) is 45.1 Å². The third kappa shape index (κ3) is 10.9. The van der Waals surface area contributed by atoms with Crippen molar-refractivity contribution in [3.05, 3.63) is 124 Å². The summed E-state index contributed by atoms with van der Waals surface area (Å²) in [6, 6.07) is 29.1. The quantitative estimate of drug-likeness (QED) is 0.0625. The average Bonchev–Trinajstić information content (AvgIpc) is 3.88. The molecule has 9 rings (SSSR count). The van der Waals surface area contributed by atoms with Gasteiger partial charge in [-0.15, -0.1) is 0 Å². The minimum Gasteiger partial charge on any atom is -0.493 e. The minimum atomic E-state index is -0.197. The monoisotopic (exact) mass is 965 g/mol. The van der Waals surface area contributed by atoms with Crippen LogP contribution in [0.1, 0.15) is 69.7 Å². The second-order valence-electron chi connectivity index (χ2n) is 18.5. The molecule has 0 aliphatic carbocycles. The molecule has 71 heavy (non-hydrogen) atoms. The number of carbonyl (C=O) groups is 3. The van der Waals surface area contributed by atoms with Gasteiger partial charge in [-0.25, -0.2) is 0 Å². The summed E-state index contributed by atoms with van der Waals surface area (Å²) >= 11 is 0. The Balaban J connectivity index is 0.991. The summed E-state index contributed by atoms with van der Waals surface area (Å²) in [5, 5.41) is 3.53. The third-order valence-corrected chi connectivity index (χ3v) is 13.5. The van der Waals surface area contributed by atoms with Crippen molar-refractivity contribution in [2.75, 3.05) is 94.0 Å². The molecular weight excluding hydrogens is 903 g/mol. The zero-order valence-electron chi connectivity index (χ0n) is 41.2. The number of benzene rings is 5. The van der Waals surface area contributed by atoms with E-state index in [0.717, 1.165) is 45.7 Å². The van der Waals surface area contributed by atoms with Gasteiger partial charge in [-0.1, -0.05) is 50.2 Å². The Morgan fingerprint density at radius 3 is 2.01 bits per heavy atom. The second-order valence-corrected chi connectivity index (χ2v) is 18.5. The van der Waals surface area contributed by atoms with Crippen LogP contribution in [0.5, 0.6) is 23.0 Å². The van der Waals surface area contributed by atoms with E-state index in [-0.39, 0.29) is 48.8 Å². The number of hydrogen-bond donors (Lipinski definition) is 1. The number of ketones is 1. The van der Waals surface area contributed by atoms with Gasteiger partial charge in [0.2, 0.25) is 0 Å². The zero-order valence-corrected chi connectivity index (χ0v) is 41.2. The van der Waals surface area contributed by atoms with Crippen LogP contribution in [0.15, 0.2) is 96.0 Å². The third-order valence-electron chi connectivity index (χ3n) is 13.5. The summed E-state index contributed by atoms with van der Waals surface area (Å²) in [6.07, 6.45) is 4.41. The largest absolute Gasteiger partial charge is 0.493 e. The molecule has 5 aromatic carbocycles. The molecule has 5 aromatic rings. The number of nitrogens with zero attached hydrogens (tertiary/aromatic N) is 4. The lowest BCUT2D eigenvalue weighted by Crippen LogP contribution is -2.39. The molecule has 372 valence electrons. The first-order valence-corrected chi connectivity index (χ1v) is 24.5. The van der Waals surface area contributed by atoms with Crippen LogP contribution in [0.4, 0.5) is 28.4 Å². The zero-order chi connectivity index (χ0) is 49.4. The summed E-state index contributed by atoms with van der Waals surface area (Å²) in [5.41, 5.74) is 8.80. The standard InChI is InChI=1S/C56H63N5O10/c1-36(2)50(62)15-10-16-59(17-18-68-21-22-69-20-19-65-3)41-24-37(34-70-53-30-46-44(28-51(53)66-4)55(63)60-42(32-57-46)26-39-11-6-8-13-48(39)60)23-38(25-41)35-71-54-31-47-45(29-52(54)67-5)56(64)61-43(33-58-47)27-40-12-7-9-14-49(40)61/h6-9,11-14,23-25,28-32,36,42-43,58H,10,15-22,26-27,33-35H2,1-5H3. The molecule has 0 bridgehead atoms. The molecule has 0 radical (unpaired) electrons. The molecule has 4 aliphatic rings. The molecule has 2 amide bonds. The van der Waals surface area contributed by atoms with Gasteiger partial charge in [-0.2, -0.15) is 0 Å². The molecule has 0 saturated heterocycles. The van der Waals surface area contributed by atoms with E-state index in [0.29, 0.717) is 117 Å². The van der Waals surface area contributed by atoms with Crippen molar-refractivity contribution in [3.8, 4) is 23.0 Å². The van der Waals surface area contributed by atoms with E-state index in [2.05, 4.69) is 28.4 Å². The van der Waals surface area contributed by atoms with Crippen molar-refractivity contribution in [2.24, 2.45) is 10.9 Å². The Morgan fingerprint density at radius 1 is 0.704 bits per heavy atom. The van der Waals surface area contributed by atoms with E-state index in [1.54, 1.807) is 39.5 Å². The van der Waals surface area contributed by atoms with Crippen LogP contribution < -0.4 is 39.0 Å². The van der Waals surface area contributed by atoms with Crippen molar-refractivity contribution in [2.45, 2.75) is 64.8 Å². The summed E-state index contributed by atoms with van der Waals surface area (Å²) in [7, 11) is 4.77. The van der Waals surface area contributed by atoms with Gasteiger partial charge in [0.1, 0.15) is 19.0 Å². The second kappa shape index (κ2) is 22.4. The number of rotatable bonds is 23. The van der Waals surface area contributed by atoms with Gasteiger partial charge in [0.05, 0.1) is 81.8 Å². The topological polar surface area (TPSA) is 150 Å². The van der Waals surface area contributed by atoms with Crippen LogP contribution >= 0.6 is 0 Å². The van der Waals surface area contributed by atoms with Crippen molar-refractivity contribution >= 4 is 52.2 Å². The number of Topliss-reactive ketones (excluding diaryl/α,β-unsaturated/α-hetero) is 1. The molecule has 15 heteroatoms. The summed E-state index contributed by atoms with van der Waals surface area (Å²) in [6.45, 7) is 8.19. The first-order valence-electron chi connectivity index (χ1n) is 24.5. The van der Waals surface area contributed by atoms with Gasteiger partial charge in [-0.3, -0.25) is 24.3 Å². The number of carbonyl (C=O) groups excluding carboxylic acids is 3. The van der Waals surface area contributed by atoms with E-state index in [4.69, 9.17) is 38.2 Å². The Morgan fingerprint density at radius 2 is 1.32 bits per heavy atom. The van der Waals surface area contributed by atoms with E-state index in [1.807, 2.05) is 84.5 Å². The number of fused-ring (bicyclic) bond motifs is 8. The predicted octanol–water partition coefficient (Wildman–Crippen LogP) is 8.64. The summed E-state index contributed by atoms with van der Waals surface area (Å²) in [5.74, 6) is 1.69. The smallest absolute Gasteiger partial charge is 0.261 e. The van der Waals surface area contributed by atoms with Gasteiger partial charge >= 0.3 is 0 Å². The molecule has 0 aromatic heterocycles. The predicted molar refractivity (Wildman–Crippen MR) is 274 cm³/mol. The normalized spacial score (nSPS) is 16.3. The maximum Gasteiger partial charge on any atom is 0.261 e. The van der Waals surface area contributed by atoms with Gasteiger partial charge in [0.25, 0.3) is 11.8 Å². The van der Waals surface area contributed by atoms with Gasteiger partial charge in [0.15, 0.2) is 23.0 Å². The molecule has 0 fully saturated rings. The molecule has 4 aliphatic heterocycles. The number of hydrogen-bond acceptors (Lipinski definition) is 13. The van der Waals surface area contributed by atoms with Crippen molar-refractivity contribution in [3.63, 3.8) is 0 Å². The Hall–Kier alpha value is -6.94. The lowest BCUT2D eigenvalue weighted by Gasteiger charge is -2.26. The van der Waals surface area contributed by atoms with Gasteiger partial charge < -0.3 is 48.3 Å². The fourth-order valence-corrected chi connectivity index (χ4v) is 9.76. The SMILES string of the molecule is COCCOCCOCCN(CCCC(=O)C(C)C)c1cc(COc2cc3c(cc2OC)C(=O)N2c4ccccc4CC2C=N3)cc(COc2cc3c(cc2OC)C(=O)N2c4ccccc4CC2CN3)c1. The van der Waals surface area contributed by atoms with E-state index in [9.17, 15) is 14.4 Å². The molecule has 4 heterocycles. The summed E-state index contributed by atoms with van der Waals surface area (Å²) in [4.78, 5) is 51.9. The van der Waals surface area contributed by atoms with E-state index in [1.165, 1.54) is 0 Å². The van der Waals surface area contributed by atoms with E-state index >= 15 is 0 Å². The molecular formula is C56H63N5O10. The lowest BCUT2D eigenvalue weighted by molar-refractivity contribution is -0.121. The highest BCUT2D eigenvalue weighted by Crippen LogP contribution is 2.43. The molecule has 0 saturated carbocycles. The van der Waals surface area contributed by atoms with Crippen LogP contribution in [0, 0.1) is 5.92 Å². The molecule has 2 atom stereocenters. The first-order chi connectivity index (χ1) is 34.6. The highest BCUT2D eigenvalue weighted by atomic mass is 16.5. The van der Waals surface area contributed by atoms with Crippen LogP contribution in [0.2, 0.25) is 0 Å². The Bertz CT molecular complexity index is 2780. The van der Waals surface area contributed by atoms with Crippen LogP contribution in [-0.4, -0.2) is 110 Å². The number of aliphatic imine (C=N–C) groups is 1. The molecule has 0 spiro atoms. The fraction of sp³-hybridized carbons (Fsp3) is 0.393. The number of para-hydroxylation sites is 2. The van der Waals surface area contributed by atoms with Crippen LogP contribution in [0.3, 0.4) is 0 Å². The van der Waals surface area contributed by atoms with E-state index < -0.39 is 0 Å². The highest BCUT2D eigenvalue weighted by molar-refractivity contribution is 6.15. The maximum absolute atomic E-state index is 14.2. The van der Waals surface area contributed by atoms with Crippen molar-refractivity contribution < 1.29 is 47.5 Å². The van der Waals surface area contributed by atoms with Gasteiger partial charge in [-0.05, 0) is 77.6 Å². The Kier molecular flexibility index (Phi) is 15.5. The lowest BCUT2D eigenvalue weighted by atomic mass is 10.0. The number of methoxy groups -OCH3 is 3. The van der Waals surface area contributed by atoms with Gasteiger partial charge in [0, 0.05) is 80.9 Å². The molecule has 15 nitrogen and oxygen atoms in total. The number of ether oxygens (including phenoxy) is 7. The number of nitrogens with one attached hydrogen (secondary N) is 1. The highest BCUT2D eigenvalue weighted by Gasteiger charge is 2.39. The fourth-order valence-electron chi connectivity index (χ4n) is 9.76. The van der Waals surface area contributed by atoms with Crippen molar-refractivity contribution in [1.82, 2.24) is 0 Å². The summed E-state index contributed by atoms with van der Waals surface area (Å²) < 4.78 is 41.7. The average molecular weight is 966 g/mol. The van der Waals surface area contributed by atoms with Crippen LogP contribution in [0.25, 0.3) is 0 Å². The maximum atomic E-state index is 14.2. The molecule has 1 N–H and O–H groups in total. The number of anilines is 4. The Labute approximate surface area is 415 Å². The first kappa shape index (κ1) is 49.1. The van der Waals surface area contributed by atoms with Crippen molar-refractivity contribution in [1.29, 1.82) is 0 Å².